The van der Waals surface area contributed by atoms with Crippen LogP contribution in [0, 0.1) is 5.82 Å². The lowest BCUT2D eigenvalue weighted by Gasteiger charge is -2.25. The van der Waals surface area contributed by atoms with Gasteiger partial charge in [-0.15, -0.1) is 0 Å². The largest absolute Gasteiger partial charge is 0.336 e. The Labute approximate surface area is 180 Å². The van der Waals surface area contributed by atoms with Gasteiger partial charge in [0.05, 0.1) is 6.04 Å². The van der Waals surface area contributed by atoms with Gasteiger partial charge >= 0.3 is 0 Å². The molecular weight excluding hydrogens is 393 g/mol. The molecular formula is C25H24FN3O2. The van der Waals surface area contributed by atoms with Gasteiger partial charge in [0.25, 0.3) is 5.91 Å². The molecule has 31 heavy (non-hydrogen) atoms. The molecule has 2 amide bonds. The fourth-order valence-corrected chi connectivity index (χ4v) is 3.98. The first-order chi connectivity index (χ1) is 15.1. The van der Waals surface area contributed by atoms with Gasteiger partial charge < -0.3 is 10.2 Å². The minimum Gasteiger partial charge on any atom is -0.336 e. The van der Waals surface area contributed by atoms with Gasteiger partial charge in [-0.3, -0.25) is 14.6 Å². The fourth-order valence-electron chi connectivity index (χ4n) is 3.98. The minimum atomic E-state index is -0.273. The molecule has 0 aliphatic carbocycles. The Hall–Kier alpha value is -3.54. The second-order valence-corrected chi connectivity index (χ2v) is 7.69. The van der Waals surface area contributed by atoms with Crippen molar-refractivity contribution in [1.82, 2.24) is 9.88 Å². The zero-order valence-corrected chi connectivity index (χ0v) is 17.1. The van der Waals surface area contributed by atoms with Crippen molar-refractivity contribution in [3.05, 3.63) is 95.6 Å². The van der Waals surface area contributed by atoms with Crippen molar-refractivity contribution in [3.8, 4) is 0 Å². The molecule has 3 aromatic rings. The van der Waals surface area contributed by atoms with Crippen molar-refractivity contribution in [2.45, 2.75) is 31.7 Å². The highest BCUT2D eigenvalue weighted by Gasteiger charge is 2.29. The summed E-state index contributed by atoms with van der Waals surface area (Å²) in [6.07, 6.45) is 6.00. The topological polar surface area (TPSA) is 62.3 Å². The average Bonchev–Trinajstić information content (AvgIpc) is 3.29. The Morgan fingerprint density at radius 1 is 1.06 bits per heavy atom. The van der Waals surface area contributed by atoms with Crippen LogP contribution >= 0.6 is 0 Å². The Morgan fingerprint density at radius 3 is 2.58 bits per heavy atom. The summed E-state index contributed by atoms with van der Waals surface area (Å²) in [7, 11) is 0. The number of halogens is 1. The van der Waals surface area contributed by atoms with Gasteiger partial charge in [-0.25, -0.2) is 4.39 Å². The molecule has 0 bridgehead atoms. The van der Waals surface area contributed by atoms with E-state index < -0.39 is 0 Å². The Balaban J connectivity index is 1.33. The summed E-state index contributed by atoms with van der Waals surface area (Å²) in [5, 5.41) is 2.82. The van der Waals surface area contributed by atoms with Crippen LogP contribution in [0.2, 0.25) is 0 Å². The Morgan fingerprint density at radius 2 is 1.84 bits per heavy atom. The third-order valence-electron chi connectivity index (χ3n) is 5.59. The number of aromatic nitrogens is 1. The molecule has 1 fully saturated rings. The molecule has 1 aliphatic rings. The molecule has 0 radical (unpaired) electrons. The van der Waals surface area contributed by atoms with Crippen molar-refractivity contribution in [3.63, 3.8) is 0 Å². The molecule has 0 unspecified atom stereocenters. The molecule has 1 N–H and O–H groups in total. The van der Waals surface area contributed by atoms with Crippen molar-refractivity contribution in [2.75, 3.05) is 11.9 Å². The van der Waals surface area contributed by atoms with Gasteiger partial charge in [0.2, 0.25) is 5.91 Å². The molecule has 2 heterocycles. The second-order valence-electron chi connectivity index (χ2n) is 7.69. The van der Waals surface area contributed by atoms with Gasteiger partial charge in [-0.05, 0) is 66.8 Å². The first-order valence-corrected chi connectivity index (χ1v) is 10.5. The number of amides is 2. The van der Waals surface area contributed by atoms with Gasteiger partial charge in [0, 0.05) is 36.6 Å². The van der Waals surface area contributed by atoms with Gasteiger partial charge in [0.1, 0.15) is 5.82 Å². The first-order valence-electron chi connectivity index (χ1n) is 10.5. The summed E-state index contributed by atoms with van der Waals surface area (Å²) in [6.45, 7) is 0.703. The molecule has 5 nitrogen and oxygen atoms in total. The smallest absolute Gasteiger partial charge is 0.255 e. The molecule has 1 aromatic heterocycles. The first kappa shape index (κ1) is 20.7. The van der Waals surface area contributed by atoms with E-state index in [2.05, 4.69) is 10.3 Å². The summed E-state index contributed by atoms with van der Waals surface area (Å²) in [4.78, 5) is 31.0. The molecule has 1 aliphatic heterocycles. The van der Waals surface area contributed by atoms with E-state index in [1.54, 1.807) is 42.7 Å². The maximum Gasteiger partial charge on any atom is 0.255 e. The Bertz CT molecular complexity index is 1050. The fraction of sp³-hybridized carbons (Fsp3) is 0.240. The van der Waals surface area contributed by atoms with E-state index in [1.807, 2.05) is 23.1 Å². The van der Waals surface area contributed by atoms with Crippen molar-refractivity contribution < 1.29 is 14.0 Å². The van der Waals surface area contributed by atoms with Crippen LogP contribution in [0.5, 0.6) is 0 Å². The van der Waals surface area contributed by atoms with Crippen LogP contribution in [0.15, 0.2) is 73.1 Å². The van der Waals surface area contributed by atoms with E-state index in [9.17, 15) is 14.0 Å². The minimum absolute atomic E-state index is 0.0533. The number of benzene rings is 2. The van der Waals surface area contributed by atoms with E-state index >= 15 is 0 Å². The van der Waals surface area contributed by atoms with Crippen LogP contribution in [-0.2, 0) is 11.2 Å². The molecule has 1 atom stereocenters. The van der Waals surface area contributed by atoms with Crippen molar-refractivity contribution in [1.29, 1.82) is 0 Å². The number of carbonyl (C=O) groups excluding carboxylic acids is 2. The quantitative estimate of drug-likeness (QED) is 0.628. The van der Waals surface area contributed by atoms with Crippen LogP contribution in [0.4, 0.5) is 10.1 Å². The second kappa shape index (κ2) is 9.51. The van der Waals surface area contributed by atoms with E-state index in [1.165, 1.54) is 12.1 Å². The molecule has 6 heteroatoms. The van der Waals surface area contributed by atoms with Crippen LogP contribution in [0.1, 0.15) is 46.8 Å². The highest BCUT2D eigenvalue weighted by atomic mass is 19.1. The summed E-state index contributed by atoms with van der Waals surface area (Å²) >= 11 is 0. The predicted octanol–water partition coefficient (Wildman–Crippen LogP) is 4.77. The third-order valence-corrected chi connectivity index (χ3v) is 5.59. The van der Waals surface area contributed by atoms with Crippen LogP contribution in [0.3, 0.4) is 0 Å². The normalized spacial score (nSPS) is 15.6. The van der Waals surface area contributed by atoms with E-state index in [-0.39, 0.29) is 23.7 Å². The number of hydrogen-bond donors (Lipinski definition) is 1. The Kier molecular flexibility index (Phi) is 6.36. The third kappa shape index (κ3) is 5.15. The standard InChI is InChI=1S/C25H24FN3O2/c26-21-4-1-3-20(17-21)23-5-2-16-29(23)24(30)11-8-18-6-9-19(10-7-18)25(31)28-22-12-14-27-15-13-22/h1,3-4,6-7,9-10,12-15,17,23H,2,5,8,11,16H2,(H,27,28,31)/t23-/m0/s1. The number of hydrogen-bond acceptors (Lipinski definition) is 3. The van der Waals surface area contributed by atoms with Gasteiger partial charge in [0.15, 0.2) is 0 Å². The van der Waals surface area contributed by atoms with Crippen molar-refractivity contribution in [2.24, 2.45) is 0 Å². The van der Waals surface area contributed by atoms with E-state index in [0.717, 1.165) is 24.0 Å². The number of nitrogens with zero attached hydrogens (tertiary/aromatic N) is 2. The highest BCUT2D eigenvalue weighted by Crippen LogP contribution is 2.32. The predicted molar refractivity (Wildman–Crippen MR) is 117 cm³/mol. The number of likely N-dealkylation sites (tertiary alicyclic amines) is 1. The molecule has 1 saturated heterocycles. The number of pyridine rings is 1. The number of anilines is 1. The lowest BCUT2D eigenvalue weighted by molar-refractivity contribution is -0.132. The number of carbonyl (C=O) groups is 2. The lowest BCUT2D eigenvalue weighted by Crippen LogP contribution is -2.30. The molecule has 4 rings (SSSR count). The summed E-state index contributed by atoms with van der Waals surface area (Å²) < 4.78 is 13.6. The molecule has 2 aromatic carbocycles. The maximum atomic E-state index is 13.6. The number of rotatable bonds is 6. The summed E-state index contributed by atoms with van der Waals surface area (Å²) in [5.74, 6) is -0.389. The highest BCUT2D eigenvalue weighted by molar-refractivity contribution is 6.04. The van der Waals surface area contributed by atoms with Gasteiger partial charge in [-0.1, -0.05) is 24.3 Å². The summed E-state index contributed by atoms with van der Waals surface area (Å²) in [5.41, 5.74) is 3.09. The zero-order chi connectivity index (χ0) is 21.6. The molecule has 0 spiro atoms. The van der Waals surface area contributed by atoms with Crippen LogP contribution in [0.25, 0.3) is 0 Å². The average molecular weight is 417 g/mol. The molecule has 0 saturated carbocycles. The van der Waals surface area contributed by atoms with Gasteiger partial charge in [-0.2, -0.15) is 0 Å². The number of aryl methyl sites for hydroxylation is 1. The van der Waals surface area contributed by atoms with Crippen molar-refractivity contribution >= 4 is 17.5 Å². The van der Waals surface area contributed by atoms with Crippen LogP contribution in [-0.4, -0.2) is 28.2 Å². The van der Waals surface area contributed by atoms with E-state index in [4.69, 9.17) is 0 Å². The van der Waals surface area contributed by atoms with Crippen LogP contribution < -0.4 is 5.32 Å². The maximum absolute atomic E-state index is 13.6. The zero-order valence-electron chi connectivity index (χ0n) is 17.1. The lowest BCUT2D eigenvalue weighted by atomic mass is 10.0. The van der Waals surface area contributed by atoms with E-state index in [0.29, 0.717) is 30.6 Å². The SMILES string of the molecule is O=C(Nc1ccncc1)c1ccc(CCC(=O)N2CCC[C@H]2c2cccc(F)c2)cc1. The molecule has 158 valence electrons. The monoisotopic (exact) mass is 417 g/mol. The number of nitrogens with one attached hydrogen (secondary N) is 1. The summed E-state index contributed by atoms with van der Waals surface area (Å²) in [6, 6.07) is 17.2.